The molecule has 0 unspecified atom stereocenters. The highest BCUT2D eigenvalue weighted by molar-refractivity contribution is 6.24. The van der Waals surface area contributed by atoms with Crippen LogP contribution in [0.2, 0.25) is 0 Å². The van der Waals surface area contributed by atoms with Crippen LogP contribution in [0.25, 0.3) is 110 Å². The second-order valence-electron chi connectivity index (χ2n) is 13.2. The molecule has 0 radical (unpaired) electrons. The zero-order valence-corrected chi connectivity index (χ0v) is 27.0. The van der Waals surface area contributed by atoms with Crippen molar-refractivity contribution >= 4 is 76.2 Å². The van der Waals surface area contributed by atoms with Crippen LogP contribution in [0.1, 0.15) is 0 Å². The largest absolute Gasteiger partial charge is 0.456 e. The molecule has 0 bridgehead atoms. The molecule has 0 N–H and O–H groups in total. The first kappa shape index (κ1) is 27.3. The van der Waals surface area contributed by atoms with Crippen LogP contribution in [0, 0.1) is 0 Å². The van der Waals surface area contributed by atoms with Gasteiger partial charge in [-0.15, -0.1) is 0 Å². The quantitative estimate of drug-likeness (QED) is 0.180. The van der Waals surface area contributed by atoms with E-state index in [4.69, 9.17) is 8.83 Å². The maximum absolute atomic E-state index is 6.53. The Hall–Kier alpha value is -6.64. The van der Waals surface area contributed by atoms with Crippen LogP contribution >= 0.6 is 0 Å². The van der Waals surface area contributed by atoms with E-state index in [0.717, 1.165) is 55.0 Å². The molecule has 0 aliphatic rings. The zero-order chi connectivity index (χ0) is 32.8. The summed E-state index contributed by atoms with van der Waals surface area (Å²) in [5.41, 5.74) is 10.7. The van der Waals surface area contributed by atoms with Gasteiger partial charge in [0, 0.05) is 27.6 Å². The number of hydrogen-bond donors (Lipinski definition) is 0. The molecular weight excluding hydrogens is 609 g/mol. The number of hydrogen-bond acceptors (Lipinski definition) is 2. The molecule has 232 valence electrons. The summed E-state index contributed by atoms with van der Waals surface area (Å²) < 4.78 is 12.7. The Labute approximate surface area is 287 Å². The van der Waals surface area contributed by atoms with Gasteiger partial charge in [0.1, 0.15) is 22.3 Å². The molecule has 2 heterocycles. The van der Waals surface area contributed by atoms with Crippen LogP contribution in [0.3, 0.4) is 0 Å². The van der Waals surface area contributed by atoms with Crippen molar-refractivity contribution in [3.63, 3.8) is 0 Å². The van der Waals surface area contributed by atoms with E-state index in [1.807, 2.05) is 18.2 Å². The SMILES string of the molecule is c1ccc(-c2c3ccccc3c(-c3cc(-c4ccc5c(c4)oc4cc6oc7ccccc7c6cc45)cc4ccccc34)c3ccccc23)cc1. The highest BCUT2D eigenvalue weighted by Gasteiger charge is 2.19. The number of fused-ring (bicyclic) bond motifs is 9. The van der Waals surface area contributed by atoms with Gasteiger partial charge in [-0.25, -0.2) is 0 Å². The highest BCUT2D eigenvalue weighted by Crippen LogP contribution is 2.46. The van der Waals surface area contributed by atoms with Gasteiger partial charge in [0.2, 0.25) is 0 Å². The first-order valence-electron chi connectivity index (χ1n) is 17.1. The van der Waals surface area contributed by atoms with E-state index in [2.05, 4.69) is 152 Å². The summed E-state index contributed by atoms with van der Waals surface area (Å²) in [6.45, 7) is 0. The summed E-state index contributed by atoms with van der Waals surface area (Å²) in [4.78, 5) is 0. The first-order valence-corrected chi connectivity index (χ1v) is 17.1. The van der Waals surface area contributed by atoms with Crippen LogP contribution in [-0.4, -0.2) is 0 Å². The number of furan rings is 2. The van der Waals surface area contributed by atoms with E-state index >= 15 is 0 Å². The zero-order valence-electron chi connectivity index (χ0n) is 27.0. The molecule has 50 heavy (non-hydrogen) atoms. The van der Waals surface area contributed by atoms with Crippen LogP contribution in [0.15, 0.2) is 179 Å². The summed E-state index contributed by atoms with van der Waals surface area (Å²) >= 11 is 0. The van der Waals surface area contributed by atoms with Gasteiger partial charge in [-0.2, -0.15) is 0 Å². The molecule has 9 aromatic carbocycles. The predicted molar refractivity (Wildman–Crippen MR) is 210 cm³/mol. The molecule has 0 spiro atoms. The van der Waals surface area contributed by atoms with E-state index in [1.54, 1.807) is 0 Å². The van der Waals surface area contributed by atoms with Crippen LogP contribution in [-0.2, 0) is 0 Å². The number of benzene rings is 9. The van der Waals surface area contributed by atoms with Crippen molar-refractivity contribution in [2.75, 3.05) is 0 Å². The average Bonchev–Trinajstić information content (AvgIpc) is 3.72. The second kappa shape index (κ2) is 10.4. The molecular formula is C48H28O2. The summed E-state index contributed by atoms with van der Waals surface area (Å²) in [6.07, 6.45) is 0. The van der Waals surface area contributed by atoms with Gasteiger partial charge >= 0.3 is 0 Å². The van der Waals surface area contributed by atoms with E-state index in [0.29, 0.717) is 0 Å². The van der Waals surface area contributed by atoms with Crippen molar-refractivity contribution in [2.45, 2.75) is 0 Å². The van der Waals surface area contributed by atoms with Crippen molar-refractivity contribution in [3.05, 3.63) is 170 Å². The van der Waals surface area contributed by atoms with Crippen molar-refractivity contribution in [1.29, 1.82) is 0 Å². The topological polar surface area (TPSA) is 26.3 Å². The standard InChI is InChI=1S/C48H28O2/c1-2-12-29(13-3-1)47-36-17-6-8-19-38(36)48(39-20-9-7-18-37(39)47)42-25-32(24-31-14-4-5-15-33(31)42)30-22-23-35-41-27-40-34-16-10-11-21-43(34)49-45(40)28-46(41)50-44(35)26-30/h1-28H. The molecule has 2 nitrogen and oxygen atoms in total. The summed E-state index contributed by atoms with van der Waals surface area (Å²) in [7, 11) is 0. The van der Waals surface area contributed by atoms with Gasteiger partial charge in [0.15, 0.2) is 0 Å². The molecule has 2 aromatic heterocycles. The third kappa shape index (κ3) is 3.96. The van der Waals surface area contributed by atoms with E-state index in [9.17, 15) is 0 Å². The maximum atomic E-state index is 6.53. The fraction of sp³-hybridized carbons (Fsp3) is 0. The monoisotopic (exact) mass is 636 g/mol. The molecule has 2 heteroatoms. The fourth-order valence-corrected chi connectivity index (χ4v) is 8.19. The lowest BCUT2D eigenvalue weighted by Crippen LogP contribution is -1.92. The molecule has 0 atom stereocenters. The van der Waals surface area contributed by atoms with Crippen molar-refractivity contribution in [3.8, 4) is 33.4 Å². The molecule has 0 saturated carbocycles. The lowest BCUT2D eigenvalue weighted by Gasteiger charge is -2.19. The summed E-state index contributed by atoms with van der Waals surface area (Å²) in [5.74, 6) is 0. The average molecular weight is 637 g/mol. The third-order valence-corrected chi connectivity index (χ3v) is 10.4. The van der Waals surface area contributed by atoms with Crippen LogP contribution in [0.5, 0.6) is 0 Å². The normalized spacial score (nSPS) is 12.0. The van der Waals surface area contributed by atoms with Gasteiger partial charge in [-0.3, -0.25) is 0 Å². The Balaban J connectivity index is 1.16. The number of rotatable bonds is 3. The van der Waals surface area contributed by atoms with Gasteiger partial charge in [-0.05, 0) is 102 Å². The Morgan fingerprint density at radius 3 is 1.52 bits per heavy atom. The highest BCUT2D eigenvalue weighted by atomic mass is 16.3. The number of para-hydroxylation sites is 1. The Morgan fingerprint density at radius 2 is 0.800 bits per heavy atom. The smallest absolute Gasteiger partial charge is 0.139 e. The van der Waals surface area contributed by atoms with Gasteiger partial charge < -0.3 is 8.83 Å². The minimum Gasteiger partial charge on any atom is -0.456 e. The van der Waals surface area contributed by atoms with E-state index in [-0.39, 0.29) is 0 Å². The van der Waals surface area contributed by atoms with Crippen molar-refractivity contribution in [2.24, 2.45) is 0 Å². The fourth-order valence-electron chi connectivity index (χ4n) is 8.19. The minimum absolute atomic E-state index is 0.833. The molecule has 11 aromatic rings. The predicted octanol–water partition coefficient (Wildman–Crippen LogP) is 13.9. The van der Waals surface area contributed by atoms with Crippen molar-refractivity contribution < 1.29 is 8.83 Å². The molecule has 0 saturated heterocycles. The van der Waals surface area contributed by atoms with E-state index in [1.165, 1.54) is 54.6 Å². The molecule has 0 aliphatic carbocycles. The van der Waals surface area contributed by atoms with Crippen LogP contribution < -0.4 is 0 Å². The van der Waals surface area contributed by atoms with Gasteiger partial charge in [0.25, 0.3) is 0 Å². The molecule has 0 fully saturated rings. The Kier molecular flexibility index (Phi) is 5.70. The van der Waals surface area contributed by atoms with E-state index < -0.39 is 0 Å². The summed E-state index contributed by atoms with van der Waals surface area (Å²) in [6, 6.07) is 61.1. The minimum atomic E-state index is 0.833. The first-order chi connectivity index (χ1) is 24.8. The lowest BCUT2D eigenvalue weighted by molar-refractivity contribution is 0.656. The molecule has 0 amide bonds. The van der Waals surface area contributed by atoms with Crippen molar-refractivity contribution in [1.82, 2.24) is 0 Å². The Morgan fingerprint density at radius 1 is 0.260 bits per heavy atom. The maximum Gasteiger partial charge on any atom is 0.139 e. The molecule has 11 rings (SSSR count). The lowest BCUT2D eigenvalue weighted by atomic mass is 9.84. The third-order valence-electron chi connectivity index (χ3n) is 10.4. The molecule has 0 aliphatic heterocycles. The second-order valence-corrected chi connectivity index (χ2v) is 13.2. The summed E-state index contributed by atoms with van der Waals surface area (Å²) in [5, 5.41) is 11.9. The van der Waals surface area contributed by atoms with Crippen LogP contribution in [0.4, 0.5) is 0 Å². The van der Waals surface area contributed by atoms with Gasteiger partial charge in [-0.1, -0.05) is 127 Å². The Bertz CT molecular complexity index is 3080. The van der Waals surface area contributed by atoms with Gasteiger partial charge in [0.05, 0.1) is 0 Å².